The van der Waals surface area contributed by atoms with Gasteiger partial charge in [0, 0.05) is 0 Å². The Bertz CT molecular complexity index is 166. The van der Waals surface area contributed by atoms with Gasteiger partial charge in [-0.15, -0.1) is 0 Å². The van der Waals surface area contributed by atoms with Crippen LogP contribution in [0.3, 0.4) is 0 Å². The number of hydrogen-bond acceptors (Lipinski definition) is 0. The van der Waals surface area contributed by atoms with Gasteiger partial charge in [-0.25, -0.2) is 0 Å². The van der Waals surface area contributed by atoms with Crippen molar-refractivity contribution in [1.82, 2.24) is 0 Å². The zero-order valence-electron chi connectivity index (χ0n) is 10.3. The Morgan fingerprint density at radius 2 is 1.07 bits per heavy atom. The third kappa shape index (κ3) is 2.85. The van der Waals surface area contributed by atoms with Gasteiger partial charge in [-0.2, -0.15) is 0 Å². The van der Waals surface area contributed by atoms with E-state index in [1.54, 1.807) is 0 Å². The van der Waals surface area contributed by atoms with E-state index in [0.717, 1.165) is 11.8 Å². The molecule has 2 saturated carbocycles. The van der Waals surface area contributed by atoms with E-state index in [9.17, 15) is 0 Å². The molecule has 0 nitrogen and oxygen atoms in total. The van der Waals surface area contributed by atoms with Crippen molar-refractivity contribution in [3.63, 3.8) is 0 Å². The van der Waals surface area contributed by atoms with Crippen LogP contribution in [-0.2, 0) is 0 Å². The maximum absolute atomic E-state index is 2.60. The van der Waals surface area contributed by atoms with Crippen LogP contribution < -0.4 is 0 Å². The molecule has 0 amide bonds. The van der Waals surface area contributed by atoms with Crippen molar-refractivity contribution in [2.24, 2.45) is 11.8 Å². The number of rotatable bonds is 2. The first-order valence-electron chi connectivity index (χ1n) is 7.00. The molecule has 0 bridgehead atoms. The topological polar surface area (TPSA) is 0 Å². The molecule has 0 aromatic carbocycles. The monoisotopic (exact) mass is 262 g/mol. The standard InChI is InChI=1S/C14H25.Ga/c1-12(13-8-4-2-5-9-13)14-10-6-3-7-11-14;/h13-14H,2-11H2,1H3;. The van der Waals surface area contributed by atoms with Gasteiger partial charge in [-0.1, -0.05) is 0 Å². The summed E-state index contributed by atoms with van der Waals surface area (Å²) in [6.45, 7) is 2.60. The molecule has 0 N–H and O–H groups in total. The van der Waals surface area contributed by atoms with E-state index in [2.05, 4.69) is 25.5 Å². The van der Waals surface area contributed by atoms with Gasteiger partial charge in [-0.05, 0) is 0 Å². The van der Waals surface area contributed by atoms with Crippen molar-refractivity contribution in [2.45, 2.75) is 75.1 Å². The average molecular weight is 263 g/mol. The first-order valence-corrected chi connectivity index (χ1v) is 8.21. The van der Waals surface area contributed by atoms with Crippen molar-refractivity contribution in [3.8, 4) is 0 Å². The second-order valence-electron chi connectivity index (χ2n) is 6.04. The summed E-state index contributed by atoms with van der Waals surface area (Å²) in [4.78, 5) is 0. The van der Waals surface area contributed by atoms with Crippen LogP contribution in [0.25, 0.3) is 0 Å². The fourth-order valence-corrected chi connectivity index (χ4v) is 5.18. The zero-order valence-corrected chi connectivity index (χ0v) is 12.7. The number of hydrogen-bond donors (Lipinski definition) is 0. The zero-order chi connectivity index (χ0) is 10.7. The van der Waals surface area contributed by atoms with Gasteiger partial charge in [-0.3, -0.25) is 0 Å². The summed E-state index contributed by atoms with van der Waals surface area (Å²) in [6.07, 6.45) is 15.2. The second-order valence-corrected chi connectivity index (χ2v) is 8.65. The third-order valence-corrected chi connectivity index (χ3v) is 6.95. The Balaban J connectivity index is 1.96. The van der Waals surface area contributed by atoms with E-state index in [1.807, 2.05) is 0 Å². The van der Waals surface area contributed by atoms with Crippen molar-refractivity contribution in [1.29, 1.82) is 0 Å². The van der Waals surface area contributed by atoms with Crippen LogP contribution >= 0.6 is 0 Å². The Labute approximate surface area is 106 Å². The van der Waals surface area contributed by atoms with Gasteiger partial charge in [0.25, 0.3) is 0 Å². The maximum atomic E-state index is 2.60. The van der Waals surface area contributed by atoms with E-state index < -0.39 is 0 Å². The Morgan fingerprint density at radius 3 is 1.40 bits per heavy atom. The van der Waals surface area contributed by atoms with Gasteiger partial charge >= 0.3 is 106 Å². The minimum atomic E-state index is 0.702. The summed E-state index contributed by atoms with van der Waals surface area (Å²) in [6, 6.07) is 0. The molecule has 2 radical (unpaired) electrons. The second kappa shape index (κ2) is 5.31. The Hall–Kier alpha value is 0.636. The summed E-state index contributed by atoms with van der Waals surface area (Å²) >= 11 is 2.06. The van der Waals surface area contributed by atoms with Crippen LogP contribution in [0.1, 0.15) is 71.1 Å². The van der Waals surface area contributed by atoms with Crippen LogP contribution in [0.5, 0.6) is 0 Å². The van der Waals surface area contributed by atoms with Crippen LogP contribution in [-0.4, -0.2) is 18.6 Å². The third-order valence-electron chi connectivity index (χ3n) is 4.97. The van der Waals surface area contributed by atoms with Crippen molar-refractivity contribution in [3.05, 3.63) is 0 Å². The van der Waals surface area contributed by atoms with Gasteiger partial charge < -0.3 is 0 Å². The van der Waals surface area contributed by atoms with Gasteiger partial charge in [0.2, 0.25) is 0 Å². The van der Waals surface area contributed by atoms with Crippen LogP contribution in [0.4, 0.5) is 0 Å². The quantitative estimate of drug-likeness (QED) is 0.643. The SMILES string of the molecule is C[C]([Ga])(C1CCCCC1)C1CCCCC1. The summed E-state index contributed by atoms with van der Waals surface area (Å²) in [5.74, 6) is 2.13. The van der Waals surface area contributed by atoms with Crippen molar-refractivity contribution >= 4 is 18.6 Å². The molecule has 0 atom stereocenters. The van der Waals surface area contributed by atoms with E-state index in [4.69, 9.17) is 0 Å². The van der Waals surface area contributed by atoms with E-state index in [0.29, 0.717) is 3.97 Å². The molecule has 0 heterocycles. The predicted octanol–water partition coefficient (Wildman–Crippen LogP) is 4.49. The van der Waals surface area contributed by atoms with Gasteiger partial charge in [0.15, 0.2) is 0 Å². The fourth-order valence-electron chi connectivity index (χ4n) is 3.78. The molecule has 1 heteroatoms. The summed E-state index contributed by atoms with van der Waals surface area (Å²) in [5.41, 5.74) is 0. The molecule has 0 spiro atoms. The molecule has 0 unspecified atom stereocenters. The summed E-state index contributed by atoms with van der Waals surface area (Å²) in [5, 5.41) is 0. The van der Waals surface area contributed by atoms with E-state index >= 15 is 0 Å². The van der Waals surface area contributed by atoms with Gasteiger partial charge in [0.05, 0.1) is 0 Å². The first-order chi connectivity index (χ1) is 7.21. The van der Waals surface area contributed by atoms with Gasteiger partial charge in [0.1, 0.15) is 0 Å². The predicted molar refractivity (Wildman–Crippen MR) is 67.3 cm³/mol. The molecule has 2 aliphatic carbocycles. The van der Waals surface area contributed by atoms with Crippen LogP contribution in [0.2, 0.25) is 3.97 Å². The Kier molecular flexibility index (Phi) is 4.29. The molecule has 2 aliphatic rings. The molecule has 15 heavy (non-hydrogen) atoms. The van der Waals surface area contributed by atoms with Crippen LogP contribution in [0, 0.1) is 11.8 Å². The molecular formula is C14H25Ga. The molecule has 0 aliphatic heterocycles. The molecule has 2 fully saturated rings. The normalized spacial score (nSPS) is 26.7. The summed E-state index contributed by atoms with van der Waals surface area (Å²) < 4.78 is 0.702. The van der Waals surface area contributed by atoms with E-state index in [-0.39, 0.29) is 0 Å². The first kappa shape index (κ1) is 12.1. The molecular weight excluding hydrogens is 238 g/mol. The Morgan fingerprint density at radius 1 is 0.733 bits per heavy atom. The van der Waals surface area contributed by atoms with Crippen molar-refractivity contribution in [2.75, 3.05) is 0 Å². The molecule has 2 rings (SSSR count). The molecule has 0 saturated heterocycles. The molecule has 0 aromatic heterocycles. The van der Waals surface area contributed by atoms with Crippen molar-refractivity contribution < 1.29 is 0 Å². The molecule has 84 valence electrons. The minimum absolute atomic E-state index is 0.702. The van der Waals surface area contributed by atoms with E-state index in [1.165, 1.54) is 64.2 Å². The fraction of sp³-hybridized carbons (Fsp3) is 1.00. The van der Waals surface area contributed by atoms with Crippen LogP contribution in [0.15, 0.2) is 0 Å². The molecule has 0 aromatic rings. The summed E-state index contributed by atoms with van der Waals surface area (Å²) in [7, 11) is 0. The average Bonchev–Trinajstić information content (AvgIpc) is 2.31.